The number of likely N-dealkylation sites (tertiary alicyclic amines) is 1. The summed E-state index contributed by atoms with van der Waals surface area (Å²) in [5, 5.41) is 15.6. The number of nitrogens with zero attached hydrogens (tertiary/aromatic N) is 3. The van der Waals surface area contributed by atoms with Gasteiger partial charge < -0.3 is 10.0 Å². The summed E-state index contributed by atoms with van der Waals surface area (Å²) in [5.41, 5.74) is 4.55. The number of amides is 1. The molecule has 5 nitrogen and oxygen atoms in total. The molecule has 0 bridgehead atoms. The molecule has 1 aliphatic rings. The van der Waals surface area contributed by atoms with Crippen LogP contribution in [0.4, 0.5) is 0 Å². The van der Waals surface area contributed by atoms with Gasteiger partial charge in [-0.05, 0) is 68.7 Å². The molecule has 0 saturated carbocycles. The molecule has 2 aromatic carbocycles. The standard InChI is InChI=1S/C23H25N3O2/c1-16-6-4-5-7-21(16)23(28)12-13-25(15-23)22(27)19-8-10-20(11-9-19)26-18(3)14-17(2)24-26/h4-11,14,28H,12-13,15H2,1-3H3/t23-/m1/s1. The van der Waals surface area contributed by atoms with Crippen molar-refractivity contribution in [3.63, 3.8) is 0 Å². The second kappa shape index (κ2) is 6.91. The van der Waals surface area contributed by atoms with Gasteiger partial charge in [0.05, 0.1) is 17.9 Å². The van der Waals surface area contributed by atoms with E-state index in [1.54, 1.807) is 4.90 Å². The molecule has 0 unspecified atom stereocenters. The maximum absolute atomic E-state index is 13.0. The Morgan fingerprint density at radius 2 is 1.79 bits per heavy atom. The predicted octanol–water partition coefficient (Wildman–Crippen LogP) is 3.53. The summed E-state index contributed by atoms with van der Waals surface area (Å²) >= 11 is 0. The maximum Gasteiger partial charge on any atom is 0.253 e. The first-order chi connectivity index (χ1) is 13.4. The molecule has 5 heteroatoms. The van der Waals surface area contributed by atoms with Gasteiger partial charge in [0.25, 0.3) is 5.91 Å². The smallest absolute Gasteiger partial charge is 0.253 e. The van der Waals surface area contributed by atoms with Crippen molar-refractivity contribution in [3.8, 4) is 5.69 Å². The van der Waals surface area contributed by atoms with E-state index in [-0.39, 0.29) is 5.91 Å². The Bertz CT molecular complexity index is 1020. The lowest BCUT2D eigenvalue weighted by Crippen LogP contribution is -2.34. The molecule has 144 valence electrons. The summed E-state index contributed by atoms with van der Waals surface area (Å²) in [5.74, 6) is -0.0515. The van der Waals surface area contributed by atoms with Crippen molar-refractivity contribution >= 4 is 5.91 Å². The van der Waals surface area contributed by atoms with E-state index in [2.05, 4.69) is 5.10 Å². The number of carbonyl (C=O) groups excluding carboxylic acids is 1. The minimum atomic E-state index is -0.982. The molecule has 2 heterocycles. The van der Waals surface area contributed by atoms with Crippen LogP contribution in [-0.2, 0) is 5.60 Å². The van der Waals surface area contributed by atoms with Crippen LogP contribution in [0, 0.1) is 20.8 Å². The van der Waals surface area contributed by atoms with Gasteiger partial charge in [-0.2, -0.15) is 5.10 Å². The average Bonchev–Trinajstić information content (AvgIpc) is 3.24. The molecule has 3 aromatic rings. The van der Waals surface area contributed by atoms with E-state index in [0.717, 1.165) is 28.2 Å². The first-order valence-corrected chi connectivity index (χ1v) is 9.59. The van der Waals surface area contributed by atoms with Crippen LogP contribution >= 0.6 is 0 Å². The lowest BCUT2D eigenvalue weighted by Gasteiger charge is -2.25. The minimum absolute atomic E-state index is 0.0515. The van der Waals surface area contributed by atoms with Gasteiger partial charge >= 0.3 is 0 Å². The van der Waals surface area contributed by atoms with Gasteiger partial charge in [-0.1, -0.05) is 24.3 Å². The zero-order valence-electron chi connectivity index (χ0n) is 16.5. The Hall–Kier alpha value is -2.92. The van der Waals surface area contributed by atoms with Gasteiger partial charge in [-0.15, -0.1) is 0 Å². The number of hydrogen-bond acceptors (Lipinski definition) is 3. The van der Waals surface area contributed by atoms with Crippen molar-refractivity contribution < 1.29 is 9.90 Å². The predicted molar refractivity (Wildman–Crippen MR) is 109 cm³/mol. The molecule has 4 rings (SSSR count). The van der Waals surface area contributed by atoms with E-state index in [9.17, 15) is 9.90 Å². The van der Waals surface area contributed by atoms with Crippen LogP contribution in [0.1, 0.15) is 39.3 Å². The highest BCUT2D eigenvalue weighted by Crippen LogP contribution is 2.34. The van der Waals surface area contributed by atoms with Crippen molar-refractivity contribution in [1.82, 2.24) is 14.7 Å². The minimum Gasteiger partial charge on any atom is -0.383 e. The van der Waals surface area contributed by atoms with Gasteiger partial charge in [0, 0.05) is 17.8 Å². The SMILES string of the molecule is Cc1cc(C)n(-c2ccc(C(=O)N3CC[C@](O)(c4ccccc4C)C3)cc2)n1. The molecule has 1 amide bonds. The second-order valence-electron chi connectivity index (χ2n) is 7.71. The van der Waals surface area contributed by atoms with E-state index in [1.165, 1.54) is 0 Å². The number of aromatic nitrogens is 2. The summed E-state index contributed by atoms with van der Waals surface area (Å²) in [6.07, 6.45) is 0.549. The Balaban J connectivity index is 1.53. The van der Waals surface area contributed by atoms with Crippen LogP contribution in [0.3, 0.4) is 0 Å². The number of aryl methyl sites for hydroxylation is 3. The van der Waals surface area contributed by atoms with Crippen LogP contribution in [-0.4, -0.2) is 38.8 Å². The Kier molecular flexibility index (Phi) is 4.55. The Labute approximate surface area is 165 Å². The van der Waals surface area contributed by atoms with Gasteiger partial charge in [0.15, 0.2) is 0 Å². The molecular formula is C23H25N3O2. The molecule has 28 heavy (non-hydrogen) atoms. The highest BCUT2D eigenvalue weighted by molar-refractivity contribution is 5.94. The van der Waals surface area contributed by atoms with E-state index in [1.807, 2.05) is 80.1 Å². The molecule has 1 saturated heterocycles. The quantitative estimate of drug-likeness (QED) is 0.762. The van der Waals surface area contributed by atoms with Crippen molar-refractivity contribution in [2.45, 2.75) is 32.8 Å². The highest BCUT2D eigenvalue weighted by Gasteiger charge is 2.40. The molecule has 0 aliphatic carbocycles. The monoisotopic (exact) mass is 375 g/mol. The van der Waals surface area contributed by atoms with Crippen molar-refractivity contribution in [3.05, 3.63) is 82.7 Å². The van der Waals surface area contributed by atoms with Crippen LogP contribution < -0.4 is 0 Å². The fourth-order valence-electron chi connectivity index (χ4n) is 4.10. The summed E-state index contributed by atoms with van der Waals surface area (Å²) in [6, 6.07) is 17.4. The van der Waals surface area contributed by atoms with Crippen molar-refractivity contribution in [1.29, 1.82) is 0 Å². The molecule has 1 aromatic heterocycles. The largest absolute Gasteiger partial charge is 0.383 e. The zero-order valence-corrected chi connectivity index (χ0v) is 16.5. The van der Waals surface area contributed by atoms with Gasteiger partial charge in [0.2, 0.25) is 0 Å². The van der Waals surface area contributed by atoms with Crippen LogP contribution in [0.25, 0.3) is 5.69 Å². The summed E-state index contributed by atoms with van der Waals surface area (Å²) in [6.45, 7) is 6.83. The van der Waals surface area contributed by atoms with Gasteiger partial charge in [0.1, 0.15) is 5.60 Å². The average molecular weight is 375 g/mol. The number of rotatable bonds is 3. The lowest BCUT2D eigenvalue weighted by molar-refractivity contribution is 0.0412. The molecule has 0 spiro atoms. The third-order valence-electron chi connectivity index (χ3n) is 5.55. The maximum atomic E-state index is 13.0. The van der Waals surface area contributed by atoms with Crippen LogP contribution in [0.2, 0.25) is 0 Å². The molecule has 1 aliphatic heterocycles. The first-order valence-electron chi connectivity index (χ1n) is 9.59. The number of β-amino-alcohol motifs (C(OH)–C–C–N with tert-alkyl or cyclic N) is 1. The molecule has 0 radical (unpaired) electrons. The molecular weight excluding hydrogens is 350 g/mol. The Morgan fingerprint density at radius 1 is 1.07 bits per heavy atom. The third kappa shape index (κ3) is 3.22. The zero-order chi connectivity index (χ0) is 19.9. The summed E-state index contributed by atoms with van der Waals surface area (Å²) in [4.78, 5) is 14.7. The van der Waals surface area contributed by atoms with Crippen molar-refractivity contribution in [2.75, 3.05) is 13.1 Å². The van der Waals surface area contributed by atoms with Crippen molar-refractivity contribution in [2.24, 2.45) is 0 Å². The molecule has 1 N–H and O–H groups in total. The van der Waals surface area contributed by atoms with E-state index >= 15 is 0 Å². The van der Waals surface area contributed by atoms with E-state index in [4.69, 9.17) is 0 Å². The highest BCUT2D eigenvalue weighted by atomic mass is 16.3. The number of carbonyl (C=O) groups is 1. The van der Waals surface area contributed by atoms with Gasteiger partial charge in [-0.25, -0.2) is 4.68 Å². The number of aliphatic hydroxyl groups is 1. The molecule has 1 atom stereocenters. The summed E-state index contributed by atoms with van der Waals surface area (Å²) < 4.78 is 1.87. The summed E-state index contributed by atoms with van der Waals surface area (Å²) in [7, 11) is 0. The molecule has 1 fully saturated rings. The van der Waals surface area contributed by atoms with E-state index in [0.29, 0.717) is 25.1 Å². The van der Waals surface area contributed by atoms with Crippen LogP contribution in [0.5, 0.6) is 0 Å². The fourth-order valence-corrected chi connectivity index (χ4v) is 4.10. The topological polar surface area (TPSA) is 58.4 Å². The van der Waals surface area contributed by atoms with Crippen LogP contribution in [0.15, 0.2) is 54.6 Å². The number of benzene rings is 2. The third-order valence-corrected chi connectivity index (χ3v) is 5.55. The Morgan fingerprint density at radius 3 is 2.43 bits per heavy atom. The van der Waals surface area contributed by atoms with E-state index < -0.39 is 5.60 Å². The normalized spacial score (nSPS) is 19.2. The lowest BCUT2D eigenvalue weighted by atomic mass is 9.89. The fraction of sp³-hybridized carbons (Fsp3) is 0.304. The second-order valence-corrected chi connectivity index (χ2v) is 7.71. The first kappa shape index (κ1) is 18.4. The number of hydrogen-bond donors (Lipinski definition) is 1. The van der Waals surface area contributed by atoms with Gasteiger partial charge in [-0.3, -0.25) is 4.79 Å².